The number of nitrogens with zero attached hydrogens (tertiary/aromatic N) is 5. The monoisotopic (exact) mass is 683 g/mol. The van der Waals surface area contributed by atoms with Crippen molar-refractivity contribution in [2.24, 2.45) is 11.8 Å². The summed E-state index contributed by atoms with van der Waals surface area (Å²) in [5.41, 5.74) is 0.201. The van der Waals surface area contributed by atoms with Gasteiger partial charge in [-0.25, -0.2) is 9.59 Å². The highest BCUT2D eigenvalue weighted by molar-refractivity contribution is 8.03. The van der Waals surface area contributed by atoms with E-state index in [1.807, 2.05) is 6.92 Å². The number of amides is 3. The number of aliphatic hydroxyl groups is 1. The van der Waals surface area contributed by atoms with E-state index in [4.69, 9.17) is 9.47 Å². The first-order valence-electron chi connectivity index (χ1n) is 15.0. The fraction of sp³-hybridized carbons (Fsp3) is 0.419. The number of aliphatic hydroxyl groups excluding tert-OH is 1. The molecule has 2 aromatic rings. The first-order chi connectivity index (χ1) is 22.7. The number of nitro benzene ring substituents is 2. The molecule has 3 aliphatic rings. The Balaban J connectivity index is 1.38. The number of non-ortho nitro benzene ring substituents is 2. The molecule has 48 heavy (non-hydrogen) atoms. The maximum Gasteiger partial charge on any atom is 0.415 e. The second-order valence-electron chi connectivity index (χ2n) is 12.0. The fourth-order valence-electron chi connectivity index (χ4n) is 6.19. The fourth-order valence-corrected chi connectivity index (χ4v) is 7.71. The minimum Gasteiger partial charge on any atom is -0.456 e. The van der Waals surface area contributed by atoms with E-state index in [-0.39, 0.29) is 48.3 Å². The van der Waals surface area contributed by atoms with Gasteiger partial charge in [-0.2, -0.15) is 0 Å². The van der Waals surface area contributed by atoms with Crippen LogP contribution in [0.4, 0.5) is 16.2 Å². The zero-order valence-electron chi connectivity index (χ0n) is 26.4. The molecule has 0 aromatic heterocycles. The number of carbonyl (C=O) groups is 4. The topological polar surface area (TPSA) is 203 Å². The number of esters is 1. The summed E-state index contributed by atoms with van der Waals surface area (Å²) in [6.07, 6.45) is -1.62. The van der Waals surface area contributed by atoms with Crippen LogP contribution in [0.2, 0.25) is 0 Å². The maximum atomic E-state index is 13.6. The molecule has 5 rings (SSSR count). The zero-order chi connectivity index (χ0) is 35.0. The highest BCUT2D eigenvalue weighted by Crippen LogP contribution is 2.52. The number of hydrogen-bond donors (Lipinski definition) is 1. The Morgan fingerprint density at radius 3 is 2.17 bits per heavy atom. The van der Waals surface area contributed by atoms with Gasteiger partial charge in [-0.3, -0.25) is 34.7 Å². The Bertz CT molecular complexity index is 1680. The standard InChI is InChI=1S/C31H33N5O11S/c1-16-25-24(17(2)37)29(39)34(25)26(30(40)46-15-18-5-7-19(8-6-18)35(42)43)27(16)48-22-13-23(28(38)32(3)4)33(14-22)31(41)47-21-11-9-20(10-12-21)36(44)45/h5-12,16-17,22-25,37H,13-15H2,1-4H3/t16-,17-,22+,23+,24-,25-/m1/s1. The number of rotatable bonds is 10. The van der Waals surface area contributed by atoms with Crippen LogP contribution >= 0.6 is 11.8 Å². The number of β-lactam (4-membered cyclic amide) rings is 1. The number of nitro groups is 2. The van der Waals surface area contributed by atoms with Crippen molar-refractivity contribution < 1.29 is 43.6 Å². The average molecular weight is 684 g/mol. The number of likely N-dealkylation sites (tertiary alicyclic amines) is 1. The molecule has 0 aliphatic carbocycles. The molecule has 0 radical (unpaired) electrons. The number of benzene rings is 2. The molecular formula is C31H33N5O11S. The van der Waals surface area contributed by atoms with Crippen molar-refractivity contribution in [3.8, 4) is 5.75 Å². The number of ether oxygens (including phenoxy) is 2. The summed E-state index contributed by atoms with van der Waals surface area (Å²) in [7, 11) is 3.10. The van der Waals surface area contributed by atoms with Gasteiger partial charge in [0.1, 0.15) is 24.1 Å². The lowest BCUT2D eigenvalue weighted by molar-refractivity contribution is -0.385. The molecule has 1 N–H and O–H groups in total. The summed E-state index contributed by atoms with van der Waals surface area (Å²) < 4.78 is 11.0. The first-order valence-corrected chi connectivity index (χ1v) is 15.8. The molecule has 16 nitrogen and oxygen atoms in total. The van der Waals surface area contributed by atoms with Gasteiger partial charge in [0.05, 0.1) is 27.9 Å². The molecule has 0 saturated carbocycles. The Morgan fingerprint density at radius 1 is 1.04 bits per heavy atom. The molecule has 3 amide bonds. The van der Waals surface area contributed by atoms with Crippen LogP contribution in [-0.2, 0) is 25.7 Å². The summed E-state index contributed by atoms with van der Waals surface area (Å²) >= 11 is 1.25. The van der Waals surface area contributed by atoms with Gasteiger partial charge in [-0.1, -0.05) is 6.92 Å². The molecule has 3 heterocycles. The van der Waals surface area contributed by atoms with E-state index >= 15 is 0 Å². The summed E-state index contributed by atoms with van der Waals surface area (Å²) in [5.74, 6) is -2.66. The van der Waals surface area contributed by atoms with Gasteiger partial charge in [0.15, 0.2) is 0 Å². The molecule has 2 fully saturated rings. The average Bonchev–Trinajstić information content (AvgIpc) is 3.57. The van der Waals surface area contributed by atoms with Crippen molar-refractivity contribution in [1.29, 1.82) is 0 Å². The Hall–Kier alpha value is -5.03. The second kappa shape index (κ2) is 13.6. The van der Waals surface area contributed by atoms with Crippen LogP contribution in [0.5, 0.6) is 5.75 Å². The zero-order valence-corrected chi connectivity index (χ0v) is 27.2. The predicted octanol–water partition coefficient (Wildman–Crippen LogP) is 3.08. The molecule has 3 aliphatic heterocycles. The highest BCUT2D eigenvalue weighted by Gasteiger charge is 2.60. The van der Waals surface area contributed by atoms with E-state index in [0.29, 0.717) is 10.5 Å². The van der Waals surface area contributed by atoms with Crippen LogP contribution in [0, 0.1) is 32.1 Å². The minimum atomic E-state index is -0.971. The Labute approximate surface area is 278 Å². The number of likely N-dealkylation sites (N-methyl/N-ethyl adjacent to an activating group) is 1. The van der Waals surface area contributed by atoms with Crippen LogP contribution in [-0.4, -0.2) is 97.6 Å². The van der Waals surface area contributed by atoms with Crippen LogP contribution in [0.25, 0.3) is 0 Å². The Morgan fingerprint density at radius 2 is 1.62 bits per heavy atom. The van der Waals surface area contributed by atoms with Crippen molar-refractivity contribution in [1.82, 2.24) is 14.7 Å². The van der Waals surface area contributed by atoms with Gasteiger partial charge in [0.25, 0.3) is 11.4 Å². The van der Waals surface area contributed by atoms with Gasteiger partial charge in [0, 0.05) is 61.0 Å². The number of fused-ring (bicyclic) bond motifs is 1. The number of carbonyl (C=O) groups excluding carboxylic acids is 4. The van der Waals surface area contributed by atoms with Crippen molar-refractivity contribution in [3.05, 3.63) is 84.9 Å². The highest BCUT2D eigenvalue weighted by atomic mass is 32.2. The van der Waals surface area contributed by atoms with Crippen LogP contribution in [0.3, 0.4) is 0 Å². The van der Waals surface area contributed by atoms with Crippen molar-refractivity contribution >= 4 is 47.0 Å². The number of thioether (sulfide) groups is 1. The summed E-state index contributed by atoms with van der Waals surface area (Å²) in [6.45, 7) is 3.16. The summed E-state index contributed by atoms with van der Waals surface area (Å²) in [4.78, 5) is 78.6. The van der Waals surface area contributed by atoms with Crippen molar-refractivity contribution in [2.75, 3.05) is 20.6 Å². The first kappa shape index (κ1) is 34.3. The third-order valence-corrected chi connectivity index (χ3v) is 10.1. The molecule has 2 aromatic carbocycles. The number of hydrogen-bond acceptors (Lipinski definition) is 12. The van der Waals surface area contributed by atoms with E-state index in [1.54, 1.807) is 14.1 Å². The van der Waals surface area contributed by atoms with Crippen LogP contribution in [0.15, 0.2) is 59.1 Å². The van der Waals surface area contributed by atoms with Gasteiger partial charge in [0.2, 0.25) is 11.8 Å². The van der Waals surface area contributed by atoms with E-state index in [1.165, 1.54) is 81.9 Å². The van der Waals surface area contributed by atoms with E-state index in [0.717, 1.165) is 0 Å². The van der Waals surface area contributed by atoms with E-state index < -0.39 is 63.1 Å². The SMILES string of the molecule is C[C@@H](O)[C@H]1C(=O)N2C(C(=O)OCc3ccc([N+](=O)[O-])cc3)=C(S[C@H]3C[C@@H](C(=O)N(C)C)N(C(=O)Oc4ccc([N+](=O)[O-])cc4)C3)[C@H](C)[C@H]12. The predicted molar refractivity (Wildman–Crippen MR) is 169 cm³/mol. The largest absolute Gasteiger partial charge is 0.456 e. The van der Waals surface area contributed by atoms with E-state index in [9.17, 15) is 44.5 Å². The van der Waals surface area contributed by atoms with Gasteiger partial charge in [-0.15, -0.1) is 11.8 Å². The third kappa shape index (κ3) is 6.55. The minimum absolute atomic E-state index is 0.0173. The lowest BCUT2D eigenvalue weighted by Crippen LogP contribution is -2.63. The van der Waals surface area contributed by atoms with Crippen molar-refractivity contribution in [2.45, 2.75) is 50.3 Å². The molecule has 0 unspecified atom stereocenters. The molecule has 17 heteroatoms. The van der Waals surface area contributed by atoms with E-state index in [2.05, 4.69) is 0 Å². The third-order valence-electron chi connectivity index (χ3n) is 8.59. The Kier molecular flexibility index (Phi) is 9.72. The molecule has 254 valence electrons. The van der Waals surface area contributed by atoms with Gasteiger partial charge >= 0.3 is 12.1 Å². The van der Waals surface area contributed by atoms with Crippen LogP contribution in [0.1, 0.15) is 25.8 Å². The quantitative estimate of drug-likeness (QED) is 0.166. The summed E-state index contributed by atoms with van der Waals surface area (Å²) in [5, 5.41) is 31.9. The molecule has 0 spiro atoms. The summed E-state index contributed by atoms with van der Waals surface area (Å²) in [6, 6.07) is 9.00. The smallest absolute Gasteiger partial charge is 0.415 e. The molecule has 0 bridgehead atoms. The maximum absolute atomic E-state index is 13.6. The van der Waals surface area contributed by atoms with Crippen LogP contribution < -0.4 is 4.74 Å². The van der Waals surface area contributed by atoms with Gasteiger partial charge in [-0.05, 0) is 43.2 Å². The lowest BCUT2D eigenvalue weighted by Gasteiger charge is -2.46. The van der Waals surface area contributed by atoms with Crippen molar-refractivity contribution in [3.63, 3.8) is 0 Å². The molecule has 2 saturated heterocycles. The second-order valence-corrected chi connectivity index (χ2v) is 13.3. The molecule has 6 atom stereocenters. The lowest BCUT2D eigenvalue weighted by atomic mass is 9.79. The van der Waals surface area contributed by atoms with Gasteiger partial charge < -0.3 is 24.4 Å². The normalized spacial score (nSPS) is 23.7. The molecular weight excluding hydrogens is 650 g/mol.